The number of nitrogens with zero attached hydrogens (tertiary/aromatic N) is 1. The first kappa shape index (κ1) is 17.9. The molecular formula is C14H25NO5S. The lowest BCUT2D eigenvalue weighted by molar-refractivity contribution is -0.146. The van der Waals surface area contributed by atoms with Gasteiger partial charge in [-0.05, 0) is 26.7 Å². The van der Waals surface area contributed by atoms with Crippen molar-refractivity contribution in [2.24, 2.45) is 0 Å². The Kier molecular flexibility index (Phi) is 5.08. The SMILES string of the molecule is CN(C(=O)C(C)(C)S(C)(=O)=O)C1(CC(=O)O)CCCCC1. The Labute approximate surface area is 126 Å². The van der Waals surface area contributed by atoms with Crippen LogP contribution in [0.1, 0.15) is 52.4 Å². The van der Waals surface area contributed by atoms with Gasteiger partial charge in [0, 0.05) is 13.3 Å². The fraction of sp³-hybridized carbons (Fsp3) is 0.857. The molecule has 0 atom stereocenters. The van der Waals surface area contributed by atoms with E-state index in [-0.39, 0.29) is 6.42 Å². The highest BCUT2D eigenvalue weighted by atomic mass is 32.2. The maximum atomic E-state index is 12.7. The molecule has 0 aromatic heterocycles. The van der Waals surface area contributed by atoms with Crippen molar-refractivity contribution >= 4 is 21.7 Å². The Hall–Kier alpha value is -1.11. The molecule has 0 unspecified atom stereocenters. The highest BCUT2D eigenvalue weighted by Gasteiger charge is 2.47. The van der Waals surface area contributed by atoms with Crippen molar-refractivity contribution < 1.29 is 23.1 Å². The fourth-order valence-electron chi connectivity index (χ4n) is 2.90. The average Bonchev–Trinajstić information content (AvgIpc) is 2.35. The first-order valence-corrected chi connectivity index (χ1v) is 9.03. The number of carboxylic acids is 1. The number of hydrogen-bond acceptors (Lipinski definition) is 4. The van der Waals surface area contributed by atoms with Crippen LogP contribution in [0.5, 0.6) is 0 Å². The number of sulfone groups is 1. The van der Waals surface area contributed by atoms with Crippen LogP contribution in [0.4, 0.5) is 0 Å². The topological polar surface area (TPSA) is 91.8 Å². The molecule has 1 aliphatic rings. The van der Waals surface area contributed by atoms with E-state index in [9.17, 15) is 18.0 Å². The van der Waals surface area contributed by atoms with Crippen LogP contribution in [0.2, 0.25) is 0 Å². The summed E-state index contributed by atoms with van der Waals surface area (Å²) in [4.78, 5) is 25.2. The summed E-state index contributed by atoms with van der Waals surface area (Å²) in [6.45, 7) is 2.75. The van der Waals surface area contributed by atoms with Gasteiger partial charge in [0.1, 0.15) is 4.75 Å². The first-order chi connectivity index (χ1) is 9.44. The van der Waals surface area contributed by atoms with Crippen LogP contribution in [0.15, 0.2) is 0 Å². The minimum atomic E-state index is -3.58. The molecule has 1 N–H and O–H groups in total. The van der Waals surface area contributed by atoms with Crippen LogP contribution < -0.4 is 0 Å². The molecule has 1 saturated carbocycles. The van der Waals surface area contributed by atoms with E-state index in [0.717, 1.165) is 25.5 Å². The smallest absolute Gasteiger partial charge is 0.305 e. The maximum absolute atomic E-state index is 12.7. The Morgan fingerprint density at radius 2 is 1.67 bits per heavy atom. The zero-order valence-corrected chi connectivity index (χ0v) is 14.0. The summed E-state index contributed by atoms with van der Waals surface area (Å²) in [6.07, 6.45) is 4.80. The van der Waals surface area contributed by atoms with Crippen molar-refractivity contribution in [3.05, 3.63) is 0 Å². The van der Waals surface area contributed by atoms with E-state index in [1.807, 2.05) is 0 Å². The number of amides is 1. The number of carbonyl (C=O) groups is 2. The van der Waals surface area contributed by atoms with E-state index >= 15 is 0 Å². The number of rotatable bonds is 5. The molecular weight excluding hydrogens is 294 g/mol. The molecule has 0 aromatic rings. The molecule has 0 spiro atoms. The summed E-state index contributed by atoms with van der Waals surface area (Å²) >= 11 is 0. The third kappa shape index (κ3) is 3.56. The Bertz CT molecular complexity index is 517. The third-order valence-electron chi connectivity index (χ3n) is 4.72. The van der Waals surface area contributed by atoms with Crippen LogP contribution >= 0.6 is 0 Å². The van der Waals surface area contributed by atoms with E-state index in [4.69, 9.17) is 5.11 Å². The average molecular weight is 319 g/mol. The van der Waals surface area contributed by atoms with Gasteiger partial charge in [-0.25, -0.2) is 8.42 Å². The minimum absolute atomic E-state index is 0.144. The van der Waals surface area contributed by atoms with E-state index in [1.54, 1.807) is 0 Å². The highest BCUT2D eigenvalue weighted by Crippen LogP contribution is 2.37. The number of carboxylic acid groups (broad SMARTS) is 1. The largest absolute Gasteiger partial charge is 0.481 e. The van der Waals surface area contributed by atoms with Crippen LogP contribution in [0.25, 0.3) is 0 Å². The van der Waals surface area contributed by atoms with Gasteiger partial charge < -0.3 is 10.0 Å². The maximum Gasteiger partial charge on any atom is 0.305 e. The second-order valence-corrected chi connectivity index (χ2v) is 9.07. The normalized spacial score (nSPS) is 19.0. The molecule has 1 aliphatic carbocycles. The number of carbonyl (C=O) groups excluding carboxylic acids is 1. The van der Waals surface area contributed by atoms with Crippen molar-refractivity contribution in [3.8, 4) is 0 Å². The molecule has 0 aliphatic heterocycles. The number of aliphatic carboxylic acids is 1. The standard InChI is InChI=1S/C14H25NO5S/c1-13(2,21(4,19)20)12(18)15(3)14(10-11(16)17)8-6-5-7-9-14/h5-10H2,1-4H3,(H,16,17). The molecule has 0 bridgehead atoms. The monoisotopic (exact) mass is 319 g/mol. The van der Waals surface area contributed by atoms with Gasteiger partial charge in [0.15, 0.2) is 9.84 Å². The predicted octanol–water partition coefficient (Wildman–Crippen LogP) is 1.45. The lowest BCUT2D eigenvalue weighted by Crippen LogP contribution is -2.58. The molecule has 0 heterocycles. The molecule has 6 nitrogen and oxygen atoms in total. The van der Waals surface area contributed by atoms with Crippen molar-refractivity contribution in [2.75, 3.05) is 13.3 Å². The third-order valence-corrected chi connectivity index (χ3v) is 6.75. The second kappa shape index (κ2) is 5.94. The van der Waals surface area contributed by atoms with Gasteiger partial charge in [-0.15, -0.1) is 0 Å². The summed E-state index contributed by atoms with van der Waals surface area (Å²) < 4.78 is 22.1. The Morgan fingerprint density at radius 1 is 1.19 bits per heavy atom. The number of hydrogen-bond donors (Lipinski definition) is 1. The van der Waals surface area contributed by atoms with Crippen LogP contribution in [0, 0.1) is 0 Å². The Morgan fingerprint density at radius 3 is 2.05 bits per heavy atom. The van der Waals surface area contributed by atoms with Crippen LogP contribution in [-0.2, 0) is 19.4 Å². The Balaban J connectivity index is 3.14. The van der Waals surface area contributed by atoms with Crippen LogP contribution in [-0.4, -0.2) is 53.9 Å². The summed E-state index contributed by atoms with van der Waals surface area (Å²) in [5, 5.41) is 9.17. The van der Waals surface area contributed by atoms with E-state index in [0.29, 0.717) is 12.8 Å². The molecule has 122 valence electrons. The summed E-state index contributed by atoms with van der Waals surface area (Å²) in [5.74, 6) is -1.50. The molecule has 1 amide bonds. The quantitative estimate of drug-likeness (QED) is 0.828. The molecule has 1 fully saturated rings. The van der Waals surface area contributed by atoms with Gasteiger partial charge in [-0.1, -0.05) is 19.3 Å². The lowest BCUT2D eigenvalue weighted by Gasteiger charge is -2.46. The molecule has 21 heavy (non-hydrogen) atoms. The van der Waals surface area contributed by atoms with Gasteiger partial charge in [0.2, 0.25) is 5.91 Å². The fourth-order valence-corrected chi connectivity index (χ4v) is 3.35. The van der Waals surface area contributed by atoms with Crippen LogP contribution in [0.3, 0.4) is 0 Å². The molecule has 1 rings (SSSR count). The van der Waals surface area contributed by atoms with Gasteiger partial charge in [0.05, 0.1) is 12.0 Å². The van der Waals surface area contributed by atoms with Crippen molar-refractivity contribution in [3.63, 3.8) is 0 Å². The molecule has 0 saturated heterocycles. The molecule has 7 heteroatoms. The minimum Gasteiger partial charge on any atom is -0.481 e. The molecule has 0 aromatic carbocycles. The molecule has 0 radical (unpaired) electrons. The zero-order chi connectivity index (χ0) is 16.5. The van der Waals surface area contributed by atoms with E-state index in [1.165, 1.54) is 25.8 Å². The van der Waals surface area contributed by atoms with Crippen molar-refractivity contribution in [1.29, 1.82) is 0 Å². The van der Waals surface area contributed by atoms with Gasteiger partial charge in [-0.3, -0.25) is 9.59 Å². The van der Waals surface area contributed by atoms with E-state index < -0.39 is 32.0 Å². The summed E-state index contributed by atoms with van der Waals surface area (Å²) in [5.41, 5.74) is -0.775. The highest BCUT2D eigenvalue weighted by molar-refractivity contribution is 7.92. The van der Waals surface area contributed by atoms with Gasteiger partial charge >= 0.3 is 5.97 Å². The van der Waals surface area contributed by atoms with Crippen molar-refractivity contribution in [1.82, 2.24) is 4.90 Å². The van der Waals surface area contributed by atoms with Crippen molar-refractivity contribution in [2.45, 2.75) is 62.7 Å². The zero-order valence-electron chi connectivity index (χ0n) is 13.2. The second-order valence-electron chi connectivity index (χ2n) is 6.50. The van der Waals surface area contributed by atoms with Gasteiger partial charge in [-0.2, -0.15) is 0 Å². The first-order valence-electron chi connectivity index (χ1n) is 7.14. The summed E-state index contributed by atoms with van der Waals surface area (Å²) in [6, 6.07) is 0. The predicted molar refractivity (Wildman–Crippen MR) is 79.8 cm³/mol. The van der Waals surface area contributed by atoms with Gasteiger partial charge in [0.25, 0.3) is 0 Å². The summed E-state index contributed by atoms with van der Waals surface area (Å²) in [7, 11) is -2.05. The van der Waals surface area contributed by atoms with E-state index in [2.05, 4.69) is 0 Å². The lowest BCUT2D eigenvalue weighted by atomic mass is 9.77.